The molecule has 0 aliphatic heterocycles. The monoisotopic (exact) mass is 260 g/mol. The van der Waals surface area contributed by atoms with E-state index in [1.165, 1.54) is 12.1 Å². The molecule has 7 heteroatoms. The molecular formula is C10H13ClN2O4. The van der Waals surface area contributed by atoms with Gasteiger partial charge in [0, 0.05) is 18.2 Å². The lowest BCUT2D eigenvalue weighted by molar-refractivity contribution is -0.385. The van der Waals surface area contributed by atoms with Crippen molar-refractivity contribution >= 4 is 23.0 Å². The van der Waals surface area contributed by atoms with Gasteiger partial charge >= 0.3 is 0 Å². The van der Waals surface area contributed by atoms with Crippen LogP contribution in [-0.2, 0) is 0 Å². The zero-order valence-electron chi connectivity index (χ0n) is 9.18. The predicted molar refractivity (Wildman–Crippen MR) is 64.4 cm³/mol. The van der Waals surface area contributed by atoms with Crippen molar-refractivity contribution in [3.05, 3.63) is 32.8 Å². The van der Waals surface area contributed by atoms with E-state index >= 15 is 0 Å². The third kappa shape index (κ3) is 3.55. The second kappa shape index (κ2) is 5.81. The molecule has 6 nitrogen and oxygen atoms in total. The number of rotatable bonds is 5. The second-order valence-corrected chi connectivity index (χ2v) is 4.00. The van der Waals surface area contributed by atoms with E-state index in [-0.39, 0.29) is 23.9 Å². The summed E-state index contributed by atoms with van der Waals surface area (Å²) in [6, 6.07) is 2.79. The number of aliphatic hydroxyl groups is 2. The van der Waals surface area contributed by atoms with E-state index < -0.39 is 11.0 Å². The quantitative estimate of drug-likeness (QED) is 0.548. The Kier molecular flexibility index (Phi) is 4.68. The number of benzene rings is 1. The Morgan fingerprint density at radius 2 is 2.24 bits per heavy atom. The van der Waals surface area contributed by atoms with E-state index in [2.05, 4.69) is 5.32 Å². The van der Waals surface area contributed by atoms with E-state index in [4.69, 9.17) is 21.8 Å². The van der Waals surface area contributed by atoms with E-state index in [1.54, 1.807) is 6.92 Å². The standard InChI is InChI=1S/C10H13ClN2O4/c1-6-2-9(12-4-7(15)5-14)8(11)3-10(6)13(16)17/h2-3,7,12,14-15H,4-5H2,1H3/t7-/m1/s1. The fourth-order valence-electron chi connectivity index (χ4n) is 1.30. The fourth-order valence-corrected chi connectivity index (χ4v) is 1.52. The molecule has 0 saturated carbocycles. The van der Waals surface area contributed by atoms with Crippen molar-refractivity contribution < 1.29 is 15.1 Å². The lowest BCUT2D eigenvalue weighted by atomic mass is 10.2. The van der Waals surface area contributed by atoms with Gasteiger partial charge in [0.25, 0.3) is 5.69 Å². The van der Waals surface area contributed by atoms with Crippen LogP contribution in [0.25, 0.3) is 0 Å². The maximum absolute atomic E-state index is 10.7. The fraction of sp³-hybridized carbons (Fsp3) is 0.400. The highest BCUT2D eigenvalue weighted by Gasteiger charge is 2.14. The summed E-state index contributed by atoms with van der Waals surface area (Å²) < 4.78 is 0. The number of nitro groups is 1. The molecule has 1 aromatic rings. The van der Waals surface area contributed by atoms with Gasteiger partial charge in [-0.3, -0.25) is 10.1 Å². The Hall–Kier alpha value is -1.37. The van der Waals surface area contributed by atoms with Crippen molar-refractivity contribution in [2.75, 3.05) is 18.5 Å². The summed E-state index contributed by atoms with van der Waals surface area (Å²) in [5.74, 6) is 0. The normalized spacial score (nSPS) is 12.2. The first-order valence-electron chi connectivity index (χ1n) is 4.93. The molecular weight excluding hydrogens is 248 g/mol. The van der Waals surface area contributed by atoms with Crippen LogP contribution < -0.4 is 5.32 Å². The zero-order valence-corrected chi connectivity index (χ0v) is 9.94. The number of hydrogen-bond acceptors (Lipinski definition) is 5. The minimum Gasteiger partial charge on any atom is -0.394 e. The van der Waals surface area contributed by atoms with Crippen molar-refractivity contribution in [1.82, 2.24) is 0 Å². The lowest BCUT2D eigenvalue weighted by Crippen LogP contribution is -2.23. The molecule has 0 spiro atoms. The second-order valence-electron chi connectivity index (χ2n) is 3.59. The molecule has 1 atom stereocenters. The van der Waals surface area contributed by atoms with Gasteiger partial charge in [-0.05, 0) is 13.0 Å². The summed E-state index contributed by atoms with van der Waals surface area (Å²) in [6.07, 6.45) is -0.901. The summed E-state index contributed by atoms with van der Waals surface area (Å²) in [5.41, 5.74) is 0.908. The molecule has 0 heterocycles. The van der Waals surface area contributed by atoms with Crippen LogP contribution >= 0.6 is 11.6 Å². The Bertz CT molecular complexity index is 425. The highest BCUT2D eigenvalue weighted by atomic mass is 35.5. The summed E-state index contributed by atoms with van der Waals surface area (Å²) >= 11 is 5.86. The van der Waals surface area contributed by atoms with Gasteiger partial charge in [-0.25, -0.2) is 0 Å². The van der Waals surface area contributed by atoms with E-state index in [1.807, 2.05) is 0 Å². The highest BCUT2D eigenvalue weighted by molar-refractivity contribution is 6.33. The largest absolute Gasteiger partial charge is 0.394 e. The number of halogens is 1. The SMILES string of the molecule is Cc1cc(NC[C@@H](O)CO)c(Cl)cc1[N+](=O)[O-]. The Labute approximate surface area is 103 Å². The van der Waals surface area contributed by atoms with E-state index in [9.17, 15) is 10.1 Å². The van der Waals surface area contributed by atoms with Gasteiger partial charge in [-0.15, -0.1) is 0 Å². The number of nitro benzene ring substituents is 1. The molecule has 1 rings (SSSR count). The van der Waals surface area contributed by atoms with E-state index in [0.29, 0.717) is 11.3 Å². The Morgan fingerprint density at radius 3 is 2.76 bits per heavy atom. The van der Waals surface area contributed by atoms with Crippen LogP contribution in [0.4, 0.5) is 11.4 Å². The third-order valence-corrected chi connectivity index (χ3v) is 2.53. The van der Waals surface area contributed by atoms with Crippen molar-refractivity contribution in [1.29, 1.82) is 0 Å². The number of nitrogens with zero attached hydrogens (tertiary/aromatic N) is 1. The van der Waals surface area contributed by atoms with Crippen LogP contribution in [0.3, 0.4) is 0 Å². The van der Waals surface area contributed by atoms with Crippen LogP contribution in [-0.4, -0.2) is 34.4 Å². The molecule has 0 bridgehead atoms. The first-order valence-corrected chi connectivity index (χ1v) is 5.30. The number of aryl methyl sites for hydroxylation is 1. The molecule has 0 unspecified atom stereocenters. The average Bonchev–Trinajstić information content (AvgIpc) is 2.28. The summed E-state index contributed by atoms with van der Waals surface area (Å²) in [7, 11) is 0. The number of aliphatic hydroxyl groups excluding tert-OH is 2. The highest BCUT2D eigenvalue weighted by Crippen LogP contribution is 2.30. The Morgan fingerprint density at radius 1 is 1.59 bits per heavy atom. The minimum absolute atomic E-state index is 0.0525. The average molecular weight is 261 g/mol. The molecule has 94 valence electrons. The molecule has 0 radical (unpaired) electrons. The summed E-state index contributed by atoms with van der Waals surface area (Å²) in [6.45, 7) is 1.35. The molecule has 0 amide bonds. The molecule has 17 heavy (non-hydrogen) atoms. The first kappa shape index (κ1) is 13.7. The number of anilines is 1. The molecule has 0 fully saturated rings. The first-order chi connectivity index (χ1) is 7.95. The van der Waals surface area contributed by atoms with E-state index in [0.717, 1.165) is 0 Å². The van der Waals surface area contributed by atoms with Crippen LogP contribution in [0.5, 0.6) is 0 Å². The van der Waals surface area contributed by atoms with Crippen LogP contribution in [0.15, 0.2) is 12.1 Å². The maximum atomic E-state index is 10.7. The van der Waals surface area contributed by atoms with Crippen molar-refractivity contribution in [3.8, 4) is 0 Å². The van der Waals surface area contributed by atoms with Crippen molar-refractivity contribution in [2.45, 2.75) is 13.0 Å². The Balaban J connectivity index is 2.88. The maximum Gasteiger partial charge on any atom is 0.273 e. The van der Waals surface area contributed by atoms with Gasteiger partial charge in [0.2, 0.25) is 0 Å². The number of nitrogens with one attached hydrogen (secondary N) is 1. The molecule has 1 aromatic carbocycles. The van der Waals surface area contributed by atoms with Gasteiger partial charge in [-0.1, -0.05) is 11.6 Å². The molecule has 0 saturated heterocycles. The van der Waals surface area contributed by atoms with Crippen LogP contribution in [0.1, 0.15) is 5.56 Å². The van der Waals surface area contributed by atoms with Gasteiger partial charge in [0.05, 0.1) is 28.3 Å². The predicted octanol–water partition coefficient (Wildman–Crippen LogP) is 1.32. The topological polar surface area (TPSA) is 95.6 Å². The molecule has 0 aliphatic rings. The van der Waals surface area contributed by atoms with Crippen LogP contribution in [0.2, 0.25) is 5.02 Å². The molecule has 3 N–H and O–H groups in total. The van der Waals surface area contributed by atoms with Crippen molar-refractivity contribution in [3.63, 3.8) is 0 Å². The van der Waals surface area contributed by atoms with Gasteiger partial charge in [0.15, 0.2) is 0 Å². The smallest absolute Gasteiger partial charge is 0.273 e. The lowest BCUT2D eigenvalue weighted by Gasteiger charge is -2.12. The minimum atomic E-state index is -0.901. The van der Waals surface area contributed by atoms with Gasteiger partial charge in [-0.2, -0.15) is 0 Å². The molecule has 0 aromatic heterocycles. The van der Waals surface area contributed by atoms with Gasteiger partial charge in [0.1, 0.15) is 0 Å². The molecule has 0 aliphatic carbocycles. The zero-order chi connectivity index (χ0) is 13.0. The summed E-state index contributed by atoms with van der Waals surface area (Å²) in [4.78, 5) is 10.1. The summed E-state index contributed by atoms with van der Waals surface area (Å²) in [5, 5.41) is 31.5. The third-order valence-electron chi connectivity index (χ3n) is 2.22. The van der Waals surface area contributed by atoms with Crippen molar-refractivity contribution in [2.24, 2.45) is 0 Å². The number of hydrogen-bond donors (Lipinski definition) is 3. The van der Waals surface area contributed by atoms with Gasteiger partial charge < -0.3 is 15.5 Å². The van der Waals surface area contributed by atoms with Crippen LogP contribution in [0, 0.1) is 17.0 Å².